The fourth-order valence-electron chi connectivity index (χ4n) is 7.40. The molecular weight excluding hydrogens is 470 g/mol. The first-order valence-corrected chi connectivity index (χ1v) is 13.6. The zero-order valence-corrected chi connectivity index (χ0v) is 22.3. The summed E-state index contributed by atoms with van der Waals surface area (Å²) in [6, 6.07) is 18.9. The van der Waals surface area contributed by atoms with Gasteiger partial charge in [0.2, 0.25) is 0 Å². The molecule has 2 aliphatic carbocycles. The van der Waals surface area contributed by atoms with Crippen molar-refractivity contribution in [3.05, 3.63) is 70.8 Å². The summed E-state index contributed by atoms with van der Waals surface area (Å²) in [5, 5.41) is 0.630. The Balaban J connectivity index is 0.00000256. The molecule has 1 unspecified atom stereocenters. The normalized spacial score (nSPS) is 21.9. The minimum Gasteiger partial charge on any atom is -0.0620 e. The van der Waals surface area contributed by atoms with Gasteiger partial charge in [-0.25, -0.2) is 0 Å². The van der Waals surface area contributed by atoms with E-state index in [1.165, 1.54) is 38.5 Å². The molecule has 0 fully saturated rings. The maximum Gasteiger partial charge on any atom is 0.0964 e. The second-order valence-electron chi connectivity index (χ2n) is 11.3. The average Bonchev–Trinajstić information content (AvgIpc) is 2.67. The predicted molar refractivity (Wildman–Crippen MR) is 131 cm³/mol. The van der Waals surface area contributed by atoms with Crippen LogP contribution in [0.4, 0.5) is 0 Å². The van der Waals surface area contributed by atoms with Gasteiger partial charge in [-0.15, -0.1) is 0 Å². The van der Waals surface area contributed by atoms with Gasteiger partial charge in [-0.1, -0.05) is 48.5 Å². The Hall–Kier alpha value is -0.507. The molecule has 165 valence electrons. The van der Waals surface area contributed by atoms with Gasteiger partial charge in [-0.05, 0) is 102 Å². The number of aryl methyl sites for hydroxylation is 2. The minimum atomic E-state index is -1.48. The summed E-state index contributed by atoms with van der Waals surface area (Å²) in [5.74, 6) is 0. The number of hydrogen-bond acceptors (Lipinski definition) is 0. The van der Waals surface area contributed by atoms with Gasteiger partial charge < -0.3 is 0 Å². The van der Waals surface area contributed by atoms with Crippen molar-refractivity contribution in [2.45, 2.75) is 102 Å². The number of hydrogen-bond donors (Lipinski definition) is 0. The van der Waals surface area contributed by atoms with E-state index in [2.05, 4.69) is 90.1 Å². The summed E-state index contributed by atoms with van der Waals surface area (Å²) in [4.78, 5) is 0. The molecule has 0 nitrogen and oxygen atoms in total. The van der Waals surface area contributed by atoms with Gasteiger partial charge in [0.25, 0.3) is 0 Å². The van der Waals surface area contributed by atoms with Crippen LogP contribution in [0.5, 0.6) is 0 Å². The van der Waals surface area contributed by atoms with Crippen LogP contribution in [0.1, 0.15) is 101 Å². The van der Waals surface area contributed by atoms with E-state index in [4.69, 9.17) is 0 Å². The molecule has 2 aromatic rings. The van der Waals surface area contributed by atoms with Crippen LogP contribution in [0.2, 0.25) is 0 Å². The van der Waals surface area contributed by atoms with Crippen LogP contribution in [0.3, 0.4) is 0 Å². The van der Waals surface area contributed by atoms with E-state index >= 15 is 0 Å². The first-order chi connectivity index (χ1) is 13.7. The van der Waals surface area contributed by atoms with E-state index in [0.29, 0.717) is 10.3 Å². The molecule has 0 heterocycles. The summed E-state index contributed by atoms with van der Waals surface area (Å²) >= 11 is 0. The third-order valence-electron chi connectivity index (χ3n) is 7.88. The smallest absolute Gasteiger partial charge is 0.0620 e. The van der Waals surface area contributed by atoms with Gasteiger partial charge in [-0.3, -0.25) is 0 Å². The van der Waals surface area contributed by atoms with Crippen molar-refractivity contribution < 1.29 is 19.5 Å². The van der Waals surface area contributed by atoms with Gasteiger partial charge >= 0.3 is 0 Å². The molecule has 2 aromatic carbocycles. The third-order valence-corrected chi connectivity index (χ3v) is 15.4. The van der Waals surface area contributed by atoms with Gasteiger partial charge in [-0.2, -0.15) is 0 Å². The summed E-state index contributed by atoms with van der Waals surface area (Å²) in [6.07, 6.45) is 7.98. The summed E-state index contributed by atoms with van der Waals surface area (Å²) in [6.45, 7) is 15.5. The Morgan fingerprint density at radius 1 is 0.633 bits per heavy atom. The molecule has 0 saturated carbocycles. The van der Waals surface area contributed by atoms with Gasteiger partial charge in [0.15, 0.2) is 0 Å². The Labute approximate surface area is 198 Å². The largest absolute Gasteiger partial charge is 0.0964 e. The molecule has 0 aromatic heterocycles. The fraction of sp³-hybridized carbons (Fsp3) is 0.571. The van der Waals surface area contributed by atoms with Crippen LogP contribution in [0, 0.1) is 0 Å². The molecule has 2 atom stereocenters. The van der Waals surface area contributed by atoms with Crippen LogP contribution >= 0.6 is 7.26 Å². The second kappa shape index (κ2) is 8.79. The van der Waals surface area contributed by atoms with Crippen LogP contribution < -0.4 is 0 Å². The van der Waals surface area contributed by atoms with E-state index in [-0.39, 0.29) is 19.5 Å². The molecule has 2 aliphatic rings. The third kappa shape index (κ3) is 3.78. The quantitative estimate of drug-likeness (QED) is 0.280. The first kappa shape index (κ1) is 24.1. The molecule has 0 N–H and O–H groups in total. The number of benzene rings is 2. The van der Waals surface area contributed by atoms with E-state index < -0.39 is 7.26 Å². The van der Waals surface area contributed by atoms with Crippen molar-refractivity contribution in [3.8, 4) is 0 Å². The van der Waals surface area contributed by atoms with Gasteiger partial charge in [0, 0.05) is 26.7 Å². The van der Waals surface area contributed by atoms with Crippen molar-refractivity contribution >= 4 is 7.26 Å². The zero-order chi connectivity index (χ0) is 20.9. The molecular formula is C28H40PRh+. The Morgan fingerprint density at radius 2 is 1.00 bits per heavy atom. The Kier molecular flexibility index (Phi) is 7.08. The average molecular weight is 511 g/mol. The molecule has 0 spiro atoms. The minimum absolute atomic E-state index is 0. The summed E-state index contributed by atoms with van der Waals surface area (Å²) in [5.41, 5.74) is 8.10. The van der Waals surface area contributed by atoms with Crippen molar-refractivity contribution in [2.75, 3.05) is 0 Å². The maximum atomic E-state index is 2.58. The van der Waals surface area contributed by atoms with Crippen LogP contribution in [-0.4, -0.2) is 10.3 Å². The van der Waals surface area contributed by atoms with Gasteiger partial charge in [0.05, 0.1) is 21.6 Å². The second-order valence-corrected chi connectivity index (χ2v) is 16.8. The molecule has 1 radical (unpaired) electrons. The summed E-state index contributed by atoms with van der Waals surface area (Å²) < 4.78 is 0. The predicted octanol–water partition coefficient (Wildman–Crippen LogP) is 8.75. The van der Waals surface area contributed by atoms with E-state index in [9.17, 15) is 0 Å². The molecule has 0 aliphatic heterocycles. The van der Waals surface area contributed by atoms with E-state index in [1.54, 1.807) is 22.3 Å². The molecule has 4 rings (SSSR count). The van der Waals surface area contributed by atoms with Crippen LogP contribution in [-0.2, 0) is 32.3 Å². The summed E-state index contributed by atoms with van der Waals surface area (Å²) in [7, 11) is -1.48. The number of rotatable bonds is 2. The number of fused-ring (bicyclic) bond motifs is 2. The van der Waals surface area contributed by atoms with Crippen molar-refractivity contribution in [2.24, 2.45) is 0 Å². The van der Waals surface area contributed by atoms with Crippen molar-refractivity contribution in [1.29, 1.82) is 0 Å². The molecule has 0 bridgehead atoms. The molecule has 30 heavy (non-hydrogen) atoms. The van der Waals surface area contributed by atoms with Crippen LogP contribution in [0.15, 0.2) is 48.5 Å². The topological polar surface area (TPSA) is 0 Å². The maximum absolute atomic E-state index is 2.58. The molecule has 0 saturated heterocycles. The zero-order valence-electron chi connectivity index (χ0n) is 19.8. The SMILES string of the molecule is CC(C)(C)[P+](C1CCCc2ccccc21)([C@H]1CCCc2ccccc21)C(C)(C)C.[Rh]. The van der Waals surface area contributed by atoms with Gasteiger partial charge in [0.1, 0.15) is 0 Å². The van der Waals surface area contributed by atoms with E-state index in [0.717, 1.165) is 11.3 Å². The first-order valence-electron chi connectivity index (χ1n) is 11.7. The molecule has 0 amide bonds. The Bertz CT molecular complexity index is 797. The monoisotopic (exact) mass is 510 g/mol. The van der Waals surface area contributed by atoms with Crippen molar-refractivity contribution in [3.63, 3.8) is 0 Å². The standard InChI is InChI=1S/C28H40P.Rh/c1-27(2,3)29(28(4,5)6,25-19-11-15-21-13-7-9-17-23(21)25)26-20-12-16-22-14-8-10-18-24(22)26;/h7-10,13-14,17-18,25-26H,11-12,15-16,19-20H2,1-6H3;/q+1;/t25-,26?;/m0./s1. The van der Waals surface area contributed by atoms with Crippen LogP contribution in [0.25, 0.3) is 0 Å². The Morgan fingerprint density at radius 3 is 1.37 bits per heavy atom. The van der Waals surface area contributed by atoms with Crippen molar-refractivity contribution in [1.82, 2.24) is 0 Å². The van der Waals surface area contributed by atoms with E-state index in [1.807, 2.05) is 0 Å². The fourth-order valence-corrected chi connectivity index (χ4v) is 16.1. The molecule has 2 heteroatoms.